The van der Waals surface area contributed by atoms with Gasteiger partial charge in [-0.1, -0.05) is 35.4 Å². The van der Waals surface area contributed by atoms with E-state index in [2.05, 4.69) is 36.6 Å². The summed E-state index contributed by atoms with van der Waals surface area (Å²) in [6.45, 7) is 1.84. The van der Waals surface area contributed by atoms with Crippen LogP contribution >= 0.6 is 51.3 Å². The van der Waals surface area contributed by atoms with Gasteiger partial charge < -0.3 is 10.6 Å². The molecule has 0 saturated carbocycles. The monoisotopic (exact) mass is 497 g/mol. The van der Waals surface area contributed by atoms with E-state index in [1.807, 2.05) is 6.92 Å². The number of hydrogen-bond donors (Lipinski definition) is 2. The van der Waals surface area contributed by atoms with Crippen LogP contribution in [0.4, 0.5) is 5.69 Å². The summed E-state index contributed by atoms with van der Waals surface area (Å²) in [5, 5.41) is 11.0. The molecule has 0 bridgehead atoms. The maximum Gasteiger partial charge on any atom is 0.274 e. The number of nitrogens with one attached hydrogen (secondary N) is 2. The minimum absolute atomic E-state index is 0.253. The quantitative estimate of drug-likeness (QED) is 0.506. The minimum atomic E-state index is -0.398. The lowest BCUT2D eigenvalue weighted by molar-refractivity contribution is 0.101. The zero-order valence-electron chi connectivity index (χ0n) is 14.8. The molecule has 0 atom stereocenters. The van der Waals surface area contributed by atoms with E-state index in [0.717, 1.165) is 5.56 Å². The number of benzene rings is 1. The zero-order valence-corrected chi connectivity index (χ0v) is 18.7. The third-order valence-electron chi connectivity index (χ3n) is 3.86. The van der Waals surface area contributed by atoms with E-state index >= 15 is 0 Å². The first-order valence-corrected chi connectivity index (χ1v) is 9.97. The summed E-state index contributed by atoms with van der Waals surface area (Å²) in [5.41, 5.74) is 2.21. The smallest absolute Gasteiger partial charge is 0.274 e. The molecule has 2 N–H and O–H groups in total. The summed E-state index contributed by atoms with van der Waals surface area (Å²) in [7, 11) is 1.71. The average Bonchev–Trinajstić information content (AvgIpc) is 3.05. The fourth-order valence-corrected chi connectivity index (χ4v) is 3.62. The van der Waals surface area contributed by atoms with E-state index in [9.17, 15) is 4.79 Å². The second-order valence-corrected chi connectivity index (χ2v) is 7.82. The molecule has 2 heterocycles. The largest absolute Gasteiger partial charge is 0.379 e. The first-order chi connectivity index (χ1) is 13.3. The van der Waals surface area contributed by atoms with Crippen LogP contribution in [0.3, 0.4) is 0 Å². The Morgan fingerprint density at radius 2 is 2.04 bits per heavy atom. The highest BCUT2D eigenvalue weighted by atomic mass is 79.9. The van der Waals surface area contributed by atoms with Crippen molar-refractivity contribution in [3.8, 4) is 5.82 Å². The van der Waals surface area contributed by atoms with Gasteiger partial charge in [-0.05, 0) is 52.7 Å². The van der Waals surface area contributed by atoms with Gasteiger partial charge in [0.25, 0.3) is 5.91 Å². The number of rotatable bonds is 4. The molecule has 0 aliphatic carbocycles. The van der Waals surface area contributed by atoms with E-state index in [-0.39, 0.29) is 5.69 Å². The molecule has 1 aromatic carbocycles. The summed E-state index contributed by atoms with van der Waals surface area (Å²) < 4.78 is 1.85. The van der Waals surface area contributed by atoms with Crippen LogP contribution in [0, 0.1) is 6.92 Å². The first kappa shape index (κ1) is 20.7. The Morgan fingerprint density at radius 1 is 1.29 bits per heavy atom. The van der Waals surface area contributed by atoms with E-state index in [1.165, 1.54) is 4.68 Å². The van der Waals surface area contributed by atoms with Crippen LogP contribution < -0.4 is 10.6 Å². The highest BCUT2D eigenvalue weighted by Crippen LogP contribution is 2.28. The number of halogens is 3. The number of pyridine rings is 1. The van der Waals surface area contributed by atoms with Crippen LogP contribution in [0.2, 0.25) is 10.0 Å². The molecular weight excluding hydrogens is 485 g/mol. The second-order valence-electron chi connectivity index (χ2n) is 5.75. The van der Waals surface area contributed by atoms with Crippen molar-refractivity contribution >= 4 is 67.9 Å². The molecule has 3 rings (SSSR count). The SMILES string of the molecule is CNC(=S)c1cc(Cl)cc(C)c1NC(=O)c1cc(Br)nn1-c1ncccc1Cl. The molecule has 0 fully saturated rings. The number of aryl methyl sites for hydroxylation is 1. The lowest BCUT2D eigenvalue weighted by Crippen LogP contribution is -2.23. The molecular formula is C18H14BrCl2N5OS. The Balaban J connectivity index is 2.05. The van der Waals surface area contributed by atoms with Crippen LogP contribution in [0.25, 0.3) is 5.82 Å². The lowest BCUT2D eigenvalue weighted by Gasteiger charge is -2.16. The van der Waals surface area contributed by atoms with E-state index in [1.54, 1.807) is 43.6 Å². The molecule has 0 spiro atoms. The highest BCUT2D eigenvalue weighted by molar-refractivity contribution is 9.10. The molecule has 0 aliphatic rings. The number of aromatic nitrogens is 3. The molecule has 0 saturated heterocycles. The molecule has 0 aliphatic heterocycles. The molecule has 28 heavy (non-hydrogen) atoms. The van der Waals surface area contributed by atoms with Crippen LogP contribution in [0.15, 0.2) is 41.1 Å². The van der Waals surface area contributed by atoms with Gasteiger partial charge in [-0.3, -0.25) is 4.79 Å². The number of thiocarbonyl (C=S) groups is 1. The normalized spacial score (nSPS) is 10.6. The number of carbonyl (C=O) groups excluding carboxylic acids is 1. The van der Waals surface area contributed by atoms with Gasteiger partial charge in [-0.2, -0.15) is 5.10 Å². The van der Waals surface area contributed by atoms with Gasteiger partial charge in [0.2, 0.25) is 0 Å². The molecule has 6 nitrogen and oxygen atoms in total. The Morgan fingerprint density at radius 3 is 2.71 bits per heavy atom. The van der Waals surface area contributed by atoms with Crippen molar-refractivity contribution < 1.29 is 4.79 Å². The highest BCUT2D eigenvalue weighted by Gasteiger charge is 2.21. The van der Waals surface area contributed by atoms with Crippen molar-refractivity contribution in [2.24, 2.45) is 0 Å². The van der Waals surface area contributed by atoms with Gasteiger partial charge in [0.15, 0.2) is 5.82 Å². The van der Waals surface area contributed by atoms with Gasteiger partial charge in [0.05, 0.1) is 10.7 Å². The topological polar surface area (TPSA) is 71.8 Å². The van der Waals surface area contributed by atoms with Gasteiger partial charge in [-0.15, -0.1) is 0 Å². The summed E-state index contributed by atoms with van der Waals surface area (Å²) in [6, 6.07) is 8.41. The predicted molar refractivity (Wildman–Crippen MR) is 119 cm³/mol. The summed E-state index contributed by atoms with van der Waals surface area (Å²) in [4.78, 5) is 17.8. The Labute approximate surface area is 185 Å². The maximum absolute atomic E-state index is 13.1. The molecule has 10 heteroatoms. The summed E-state index contributed by atoms with van der Waals surface area (Å²) >= 11 is 21.0. The van der Waals surface area contributed by atoms with Crippen molar-refractivity contribution in [3.63, 3.8) is 0 Å². The molecule has 0 unspecified atom stereocenters. The Bertz CT molecular complexity index is 1090. The van der Waals surface area contributed by atoms with Crippen molar-refractivity contribution in [1.82, 2.24) is 20.1 Å². The van der Waals surface area contributed by atoms with Crippen LogP contribution in [-0.4, -0.2) is 32.7 Å². The molecule has 0 radical (unpaired) electrons. The third kappa shape index (κ3) is 4.20. The van der Waals surface area contributed by atoms with Crippen LogP contribution in [0.5, 0.6) is 0 Å². The summed E-state index contributed by atoms with van der Waals surface area (Å²) in [5.74, 6) is -0.0516. The van der Waals surface area contributed by atoms with Gasteiger partial charge >= 0.3 is 0 Å². The van der Waals surface area contributed by atoms with Crippen LogP contribution in [0.1, 0.15) is 21.6 Å². The number of anilines is 1. The zero-order chi connectivity index (χ0) is 20.4. The fourth-order valence-electron chi connectivity index (χ4n) is 2.61. The van der Waals surface area contributed by atoms with E-state index in [4.69, 9.17) is 35.4 Å². The number of nitrogens with zero attached hydrogens (tertiary/aromatic N) is 3. The number of carbonyl (C=O) groups is 1. The Hall–Kier alpha value is -2.00. The first-order valence-electron chi connectivity index (χ1n) is 8.02. The van der Waals surface area contributed by atoms with E-state index in [0.29, 0.717) is 36.7 Å². The summed E-state index contributed by atoms with van der Waals surface area (Å²) in [6.07, 6.45) is 1.57. The molecule has 1 amide bonds. The van der Waals surface area contributed by atoms with Gasteiger partial charge in [0.1, 0.15) is 15.3 Å². The van der Waals surface area contributed by atoms with Crippen LogP contribution in [-0.2, 0) is 0 Å². The average molecular weight is 499 g/mol. The van der Waals surface area contributed by atoms with Crippen molar-refractivity contribution in [1.29, 1.82) is 0 Å². The molecule has 144 valence electrons. The standard InChI is InChI=1S/C18H14BrCl2N5OS/c1-9-6-10(20)7-11(18(28)22-2)15(9)24-17(27)13-8-14(19)25-26(13)16-12(21)4-3-5-23-16/h3-8H,1-2H3,(H,22,28)(H,24,27). The van der Waals surface area contributed by atoms with Crippen molar-refractivity contribution in [3.05, 3.63) is 68.0 Å². The van der Waals surface area contributed by atoms with Gasteiger partial charge in [0, 0.05) is 29.9 Å². The predicted octanol–water partition coefficient (Wildman–Crippen LogP) is 4.79. The number of amides is 1. The Kier molecular flexibility index (Phi) is 6.34. The third-order valence-corrected chi connectivity index (χ3v) is 5.19. The van der Waals surface area contributed by atoms with E-state index < -0.39 is 5.91 Å². The second kappa shape index (κ2) is 8.57. The number of hydrogen-bond acceptors (Lipinski definition) is 4. The lowest BCUT2D eigenvalue weighted by atomic mass is 10.1. The molecule has 3 aromatic rings. The molecule has 2 aromatic heterocycles. The fraction of sp³-hybridized carbons (Fsp3) is 0.111. The van der Waals surface area contributed by atoms with Gasteiger partial charge in [-0.25, -0.2) is 9.67 Å². The minimum Gasteiger partial charge on any atom is -0.379 e. The van der Waals surface area contributed by atoms with Crippen molar-refractivity contribution in [2.45, 2.75) is 6.92 Å². The maximum atomic E-state index is 13.1. The van der Waals surface area contributed by atoms with Crippen molar-refractivity contribution in [2.75, 3.05) is 12.4 Å².